The van der Waals surface area contributed by atoms with Crippen LogP contribution in [-0.4, -0.2) is 38.3 Å². The van der Waals surface area contributed by atoms with Gasteiger partial charge in [0.1, 0.15) is 0 Å². The molecule has 0 bridgehead atoms. The van der Waals surface area contributed by atoms with Crippen LogP contribution in [0.4, 0.5) is 0 Å². The zero-order valence-electron chi connectivity index (χ0n) is 17.3. The number of aromatic nitrogens is 1. The zero-order chi connectivity index (χ0) is 22.1. The highest BCUT2D eigenvalue weighted by Crippen LogP contribution is 2.28. The van der Waals surface area contributed by atoms with E-state index in [0.29, 0.717) is 25.9 Å². The molecule has 1 aliphatic rings. The molecule has 2 aromatic rings. The fourth-order valence-electron chi connectivity index (χ4n) is 3.61. The topological polar surface area (TPSA) is 117 Å². The summed E-state index contributed by atoms with van der Waals surface area (Å²) in [6.45, 7) is 0.699. The first-order chi connectivity index (χ1) is 14.9. The number of benzene rings is 1. The number of amides is 2. The largest absolute Gasteiger partial charge is 0.350 e. The van der Waals surface area contributed by atoms with Crippen molar-refractivity contribution in [3.05, 3.63) is 60.4 Å². The summed E-state index contributed by atoms with van der Waals surface area (Å²) in [5.74, 6) is -0.308. The fourth-order valence-corrected chi connectivity index (χ4v) is 4.75. The normalized spacial score (nSPS) is 18.8. The van der Waals surface area contributed by atoms with Crippen LogP contribution < -0.4 is 15.4 Å². The number of pyridine rings is 1. The first kappa shape index (κ1) is 22.9. The van der Waals surface area contributed by atoms with Gasteiger partial charge in [0, 0.05) is 31.4 Å². The molecule has 1 aliphatic carbocycles. The molecule has 1 aromatic heterocycles. The average Bonchev–Trinajstić information content (AvgIpc) is 2.81. The van der Waals surface area contributed by atoms with Crippen molar-refractivity contribution >= 4 is 21.8 Å². The molecule has 166 valence electrons. The van der Waals surface area contributed by atoms with Gasteiger partial charge in [-0.25, -0.2) is 13.1 Å². The lowest BCUT2D eigenvalue weighted by Crippen LogP contribution is -2.41. The van der Waals surface area contributed by atoms with Gasteiger partial charge in [-0.2, -0.15) is 0 Å². The molecule has 1 aromatic carbocycles. The lowest BCUT2D eigenvalue weighted by atomic mass is 9.81. The second-order valence-electron chi connectivity index (χ2n) is 7.73. The molecule has 0 atom stereocenters. The highest BCUT2D eigenvalue weighted by Gasteiger charge is 2.27. The Hall–Kier alpha value is -2.78. The smallest absolute Gasteiger partial charge is 0.240 e. The lowest BCUT2D eigenvalue weighted by Gasteiger charge is -2.27. The maximum Gasteiger partial charge on any atom is 0.240 e. The Kier molecular flexibility index (Phi) is 8.13. The van der Waals surface area contributed by atoms with E-state index in [-0.39, 0.29) is 35.1 Å². The van der Waals surface area contributed by atoms with Crippen molar-refractivity contribution in [1.29, 1.82) is 0 Å². The number of carbonyl (C=O) groups excluding carboxylic acids is 2. The number of hydrogen-bond donors (Lipinski definition) is 3. The maximum absolute atomic E-state index is 12.4. The summed E-state index contributed by atoms with van der Waals surface area (Å²) >= 11 is 0. The molecule has 0 aliphatic heterocycles. The summed E-state index contributed by atoms with van der Waals surface area (Å²) in [7, 11) is -3.51. The maximum atomic E-state index is 12.4. The minimum Gasteiger partial charge on any atom is -0.350 e. The summed E-state index contributed by atoms with van der Waals surface area (Å²) in [4.78, 5) is 28.5. The minimum absolute atomic E-state index is 0.0548. The second-order valence-corrected chi connectivity index (χ2v) is 9.50. The van der Waals surface area contributed by atoms with E-state index in [1.165, 1.54) is 0 Å². The standard InChI is InChI=1S/C22H28N4O4S/c27-21(24-14-18-10-12-23-13-11-18)16-25-22(28)19-8-6-17(7-9-19)15-26-31(29,30)20-4-2-1-3-5-20/h1-5,10-13,17,19,26H,6-9,14-16H2,(H,24,27)(H,25,28). The molecule has 0 spiro atoms. The van der Waals surface area contributed by atoms with Crippen LogP contribution in [0.3, 0.4) is 0 Å². The Morgan fingerprint density at radius 1 is 0.935 bits per heavy atom. The van der Waals surface area contributed by atoms with Gasteiger partial charge in [-0.15, -0.1) is 0 Å². The summed E-state index contributed by atoms with van der Waals surface area (Å²) in [5.41, 5.74) is 0.941. The molecule has 31 heavy (non-hydrogen) atoms. The molecule has 1 heterocycles. The second kappa shape index (κ2) is 11.0. The van der Waals surface area contributed by atoms with Crippen LogP contribution in [0.1, 0.15) is 31.2 Å². The Balaban J connectivity index is 1.34. The molecule has 9 heteroatoms. The van der Waals surface area contributed by atoms with Crippen molar-refractivity contribution in [3.63, 3.8) is 0 Å². The summed E-state index contributed by atoms with van der Waals surface area (Å²) in [6.07, 6.45) is 6.22. The van der Waals surface area contributed by atoms with E-state index in [1.54, 1.807) is 42.7 Å². The van der Waals surface area contributed by atoms with E-state index in [1.807, 2.05) is 12.1 Å². The first-order valence-electron chi connectivity index (χ1n) is 10.4. The van der Waals surface area contributed by atoms with Gasteiger partial charge in [0.25, 0.3) is 0 Å². The average molecular weight is 445 g/mol. The van der Waals surface area contributed by atoms with Crippen LogP contribution in [0.2, 0.25) is 0 Å². The van der Waals surface area contributed by atoms with Crippen molar-refractivity contribution in [3.8, 4) is 0 Å². The number of nitrogens with zero attached hydrogens (tertiary/aromatic N) is 1. The number of sulfonamides is 1. The van der Waals surface area contributed by atoms with Gasteiger partial charge >= 0.3 is 0 Å². The van der Waals surface area contributed by atoms with Crippen molar-refractivity contribution < 1.29 is 18.0 Å². The van der Waals surface area contributed by atoms with E-state index >= 15 is 0 Å². The Morgan fingerprint density at radius 3 is 2.29 bits per heavy atom. The molecule has 1 saturated carbocycles. The predicted molar refractivity (Wildman–Crippen MR) is 116 cm³/mol. The summed E-state index contributed by atoms with van der Waals surface area (Å²) in [6, 6.07) is 11.9. The van der Waals surface area contributed by atoms with Gasteiger partial charge in [0.2, 0.25) is 21.8 Å². The number of rotatable bonds is 9. The molecule has 3 rings (SSSR count). The summed E-state index contributed by atoms with van der Waals surface area (Å²) in [5, 5.41) is 5.47. The van der Waals surface area contributed by atoms with Gasteiger partial charge < -0.3 is 10.6 Å². The van der Waals surface area contributed by atoms with E-state index < -0.39 is 10.0 Å². The van der Waals surface area contributed by atoms with Crippen molar-refractivity contribution in [2.75, 3.05) is 13.1 Å². The van der Waals surface area contributed by atoms with Crippen molar-refractivity contribution in [2.24, 2.45) is 11.8 Å². The quantitative estimate of drug-likeness (QED) is 0.543. The van der Waals surface area contributed by atoms with Crippen LogP contribution in [0.5, 0.6) is 0 Å². The van der Waals surface area contributed by atoms with Crippen molar-refractivity contribution in [2.45, 2.75) is 37.1 Å². The highest BCUT2D eigenvalue weighted by atomic mass is 32.2. The van der Waals surface area contributed by atoms with E-state index in [4.69, 9.17) is 0 Å². The molecule has 0 unspecified atom stereocenters. The van der Waals surface area contributed by atoms with Gasteiger partial charge in [0.15, 0.2) is 0 Å². The monoisotopic (exact) mass is 444 g/mol. The minimum atomic E-state index is -3.51. The SMILES string of the molecule is O=C(CNC(=O)C1CCC(CNS(=O)(=O)c2ccccc2)CC1)NCc1ccncc1. The molecule has 2 amide bonds. The molecule has 0 radical (unpaired) electrons. The van der Waals surface area contributed by atoms with E-state index in [9.17, 15) is 18.0 Å². The van der Waals surface area contributed by atoms with Gasteiger partial charge in [-0.3, -0.25) is 14.6 Å². The third-order valence-electron chi connectivity index (χ3n) is 5.50. The van der Waals surface area contributed by atoms with Crippen LogP contribution in [0.25, 0.3) is 0 Å². The van der Waals surface area contributed by atoms with Crippen LogP contribution in [0.15, 0.2) is 59.8 Å². The zero-order valence-corrected chi connectivity index (χ0v) is 18.1. The Bertz CT molecular complexity index is 960. The Morgan fingerprint density at radius 2 is 1.61 bits per heavy atom. The van der Waals surface area contributed by atoms with Gasteiger partial charge in [-0.05, 0) is 61.4 Å². The lowest BCUT2D eigenvalue weighted by molar-refractivity contribution is -0.129. The van der Waals surface area contributed by atoms with E-state index in [0.717, 1.165) is 18.4 Å². The van der Waals surface area contributed by atoms with E-state index in [2.05, 4.69) is 20.3 Å². The molecule has 3 N–H and O–H groups in total. The molecule has 8 nitrogen and oxygen atoms in total. The number of nitrogens with one attached hydrogen (secondary N) is 3. The van der Waals surface area contributed by atoms with Crippen LogP contribution in [0, 0.1) is 11.8 Å². The number of carbonyl (C=O) groups is 2. The summed E-state index contributed by atoms with van der Waals surface area (Å²) < 4.78 is 27.3. The molecular formula is C22H28N4O4S. The predicted octanol–water partition coefficient (Wildman–Crippen LogP) is 1.60. The fraction of sp³-hybridized carbons (Fsp3) is 0.409. The van der Waals surface area contributed by atoms with Crippen LogP contribution in [-0.2, 0) is 26.2 Å². The molecule has 0 saturated heterocycles. The van der Waals surface area contributed by atoms with Crippen LogP contribution >= 0.6 is 0 Å². The molecular weight excluding hydrogens is 416 g/mol. The third kappa shape index (κ3) is 7.15. The van der Waals surface area contributed by atoms with Crippen molar-refractivity contribution in [1.82, 2.24) is 20.3 Å². The highest BCUT2D eigenvalue weighted by molar-refractivity contribution is 7.89. The third-order valence-corrected chi connectivity index (χ3v) is 6.93. The number of hydrogen-bond acceptors (Lipinski definition) is 5. The first-order valence-corrected chi connectivity index (χ1v) is 11.9. The Labute approximate surface area is 182 Å². The van der Waals surface area contributed by atoms with Gasteiger partial charge in [-0.1, -0.05) is 18.2 Å². The molecule has 1 fully saturated rings. The van der Waals surface area contributed by atoms with Gasteiger partial charge in [0.05, 0.1) is 11.4 Å².